The molecule has 0 fully saturated rings. The average Bonchev–Trinajstić information content (AvgIpc) is 3.00. The first-order valence-corrected chi connectivity index (χ1v) is 8.70. The van der Waals surface area contributed by atoms with Crippen LogP contribution in [0.2, 0.25) is 0 Å². The van der Waals surface area contributed by atoms with E-state index in [1.165, 1.54) is 12.1 Å². The van der Waals surface area contributed by atoms with Crippen molar-refractivity contribution < 1.29 is 9.72 Å². The van der Waals surface area contributed by atoms with Gasteiger partial charge in [-0.05, 0) is 30.7 Å². The second-order valence-electron chi connectivity index (χ2n) is 6.19. The number of rotatable bonds is 8. The molecule has 3 aromatic rings. The highest BCUT2D eigenvalue weighted by Gasteiger charge is 2.09. The normalized spacial score (nSPS) is 10.7. The number of anilines is 1. The lowest BCUT2D eigenvalue weighted by Crippen LogP contribution is -2.24. The third-order valence-electron chi connectivity index (χ3n) is 4.31. The molecule has 1 aromatic heterocycles. The van der Waals surface area contributed by atoms with Gasteiger partial charge in [-0.1, -0.05) is 12.1 Å². The van der Waals surface area contributed by atoms with Crippen molar-refractivity contribution >= 4 is 28.3 Å². The second kappa shape index (κ2) is 8.31. The number of hydrogen-bond donors (Lipinski definition) is 2. The molecule has 8 nitrogen and oxygen atoms in total. The Labute approximate surface area is 156 Å². The summed E-state index contributed by atoms with van der Waals surface area (Å²) in [6.07, 6.45) is 1.05. The predicted molar refractivity (Wildman–Crippen MR) is 103 cm³/mol. The van der Waals surface area contributed by atoms with Gasteiger partial charge < -0.3 is 15.2 Å². The molecule has 0 saturated carbocycles. The summed E-state index contributed by atoms with van der Waals surface area (Å²) < 4.78 is 1.98. The highest BCUT2D eigenvalue weighted by atomic mass is 16.6. The topological polar surface area (TPSA) is 102 Å². The van der Waals surface area contributed by atoms with E-state index >= 15 is 0 Å². The van der Waals surface area contributed by atoms with E-state index in [2.05, 4.69) is 15.6 Å². The van der Waals surface area contributed by atoms with Gasteiger partial charge >= 0.3 is 0 Å². The summed E-state index contributed by atoms with van der Waals surface area (Å²) >= 11 is 0. The minimum absolute atomic E-state index is 0.0347. The van der Waals surface area contributed by atoms with Crippen molar-refractivity contribution in [3.63, 3.8) is 0 Å². The molecule has 0 radical (unpaired) electrons. The lowest BCUT2D eigenvalue weighted by molar-refractivity contribution is -0.384. The molecule has 3 rings (SSSR count). The molecule has 0 aliphatic carbocycles. The minimum Gasteiger partial charge on any atom is -0.385 e. The summed E-state index contributed by atoms with van der Waals surface area (Å²) in [6.45, 7) is 0.997. The van der Waals surface area contributed by atoms with Crippen LogP contribution in [0.1, 0.15) is 18.7 Å². The van der Waals surface area contributed by atoms with E-state index in [0.29, 0.717) is 25.9 Å². The fourth-order valence-corrected chi connectivity index (χ4v) is 2.80. The first-order valence-electron chi connectivity index (χ1n) is 8.70. The molecular weight excluding hydrogens is 346 g/mol. The predicted octanol–water partition coefficient (Wildman–Crippen LogP) is 2.99. The van der Waals surface area contributed by atoms with Crippen LogP contribution in [0, 0.1) is 10.1 Å². The molecule has 27 heavy (non-hydrogen) atoms. The van der Waals surface area contributed by atoms with Crippen molar-refractivity contribution in [3.8, 4) is 0 Å². The summed E-state index contributed by atoms with van der Waals surface area (Å²) in [5.74, 6) is 0.779. The van der Waals surface area contributed by atoms with Gasteiger partial charge in [-0.15, -0.1) is 0 Å². The number of non-ortho nitro benzene ring substituents is 1. The quantitative estimate of drug-likeness (QED) is 0.362. The Hall–Kier alpha value is -3.42. The molecule has 2 N–H and O–H groups in total. The number of nitrogens with one attached hydrogen (secondary N) is 2. The van der Waals surface area contributed by atoms with E-state index in [4.69, 9.17) is 0 Å². The molecule has 2 aromatic carbocycles. The number of carbonyl (C=O) groups excluding carboxylic acids is 1. The Morgan fingerprint density at radius 3 is 2.63 bits per heavy atom. The number of carbonyl (C=O) groups is 1. The third-order valence-corrected chi connectivity index (χ3v) is 4.31. The zero-order valence-electron chi connectivity index (χ0n) is 15.0. The maximum Gasteiger partial charge on any atom is 0.269 e. The van der Waals surface area contributed by atoms with Gasteiger partial charge in [0.1, 0.15) is 5.82 Å². The maximum atomic E-state index is 12.0. The number of nitrogens with zero attached hydrogens (tertiary/aromatic N) is 3. The summed E-state index contributed by atoms with van der Waals surface area (Å²) in [6, 6.07) is 14.1. The number of imidazole rings is 1. The number of benzene rings is 2. The second-order valence-corrected chi connectivity index (χ2v) is 6.19. The van der Waals surface area contributed by atoms with Crippen LogP contribution < -0.4 is 10.6 Å². The van der Waals surface area contributed by atoms with E-state index in [9.17, 15) is 14.9 Å². The van der Waals surface area contributed by atoms with Crippen LogP contribution in [0.15, 0.2) is 48.5 Å². The van der Waals surface area contributed by atoms with E-state index < -0.39 is 4.92 Å². The lowest BCUT2D eigenvalue weighted by atomic mass is 10.2. The molecule has 1 amide bonds. The first kappa shape index (κ1) is 18.4. The van der Waals surface area contributed by atoms with Crippen LogP contribution in [-0.2, 0) is 18.4 Å². The summed E-state index contributed by atoms with van der Waals surface area (Å²) in [5.41, 5.74) is 2.80. The number of aromatic nitrogens is 2. The highest BCUT2D eigenvalue weighted by Crippen LogP contribution is 2.16. The molecular formula is C19H21N5O3. The van der Waals surface area contributed by atoms with Crippen molar-refractivity contribution in [2.45, 2.75) is 19.4 Å². The number of nitro groups is 1. The Morgan fingerprint density at radius 2 is 1.93 bits per heavy atom. The Balaban J connectivity index is 1.40. The van der Waals surface area contributed by atoms with Gasteiger partial charge in [-0.2, -0.15) is 0 Å². The van der Waals surface area contributed by atoms with Crippen LogP contribution in [0.3, 0.4) is 0 Å². The molecule has 1 heterocycles. The van der Waals surface area contributed by atoms with Gasteiger partial charge in [0, 0.05) is 37.8 Å². The van der Waals surface area contributed by atoms with E-state index in [1.54, 1.807) is 12.1 Å². The van der Waals surface area contributed by atoms with Crippen molar-refractivity contribution in [2.24, 2.45) is 7.05 Å². The number of amides is 1. The number of nitro benzene ring substituents is 1. The van der Waals surface area contributed by atoms with Gasteiger partial charge in [0.15, 0.2) is 0 Å². The Morgan fingerprint density at radius 1 is 1.19 bits per heavy atom. The number of aryl methyl sites for hydroxylation is 1. The van der Waals surface area contributed by atoms with Crippen LogP contribution in [0.4, 0.5) is 11.4 Å². The number of para-hydroxylation sites is 2. The third kappa shape index (κ3) is 4.60. The summed E-state index contributed by atoms with van der Waals surface area (Å²) in [4.78, 5) is 26.7. The lowest BCUT2D eigenvalue weighted by Gasteiger charge is -2.07. The van der Waals surface area contributed by atoms with Gasteiger partial charge in [0.25, 0.3) is 5.69 Å². The maximum absolute atomic E-state index is 12.0. The number of fused-ring (bicyclic) bond motifs is 1. The molecule has 0 atom stereocenters. The molecule has 8 heteroatoms. The zero-order valence-corrected chi connectivity index (χ0v) is 15.0. The van der Waals surface area contributed by atoms with E-state index in [0.717, 1.165) is 22.5 Å². The van der Waals surface area contributed by atoms with Crippen LogP contribution in [0.5, 0.6) is 0 Å². The molecule has 140 valence electrons. The molecule has 0 saturated heterocycles. The Kier molecular flexibility index (Phi) is 5.65. The first-order chi connectivity index (χ1) is 13.0. The molecule has 0 spiro atoms. The van der Waals surface area contributed by atoms with Gasteiger partial charge in [0.05, 0.1) is 22.5 Å². The smallest absolute Gasteiger partial charge is 0.269 e. The van der Waals surface area contributed by atoms with Crippen molar-refractivity contribution in [3.05, 3.63) is 64.5 Å². The van der Waals surface area contributed by atoms with Gasteiger partial charge in [-0.3, -0.25) is 14.9 Å². The fourth-order valence-electron chi connectivity index (χ4n) is 2.80. The summed E-state index contributed by atoms with van der Waals surface area (Å²) in [7, 11) is 1.94. The molecule has 0 aliphatic rings. The monoisotopic (exact) mass is 367 g/mol. The van der Waals surface area contributed by atoms with Gasteiger partial charge in [0.2, 0.25) is 5.91 Å². The zero-order chi connectivity index (χ0) is 19.2. The molecule has 0 unspecified atom stereocenters. The SMILES string of the molecule is Cn1c(CNC(=O)CCCNc2ccc([N+](=O)[O-])cc2)nc2ccccc21. The largest absolute Gasteiger partial charge is 0.385 e. The molecule has 0 aliphatic heterocycles. The Bertz CT molecular complexity index is 950. The number of hydrogen-bond acceptors (Lipinski definition) is 5. The van der Waals surface area contributed by atoms with Crippen LogP contribution in [-0.4, -0.2) is 26.9 Å². The van der Waals surface area contributed by atoms with Crippen molar-refractivity contribution in [2.75, 3.05) is 11.9 Å². The van der Waals surface area contributed by atoms with E-state index in [1.807, 2.05) is 35.9 Å². The summed E-state index contributed by atoms with van der Waals surface area (Å²) in [5, 5.41) is 16.7. The van der Waals surface area contributed by atoms with Crippen molar-refractivity contribution in [1.29, 1.82) is 0 Å². The van der Waals surface area contributed by atoms with E-state index in [-0.39, 0.29) is 11.6 Å². The van der Waals surface area contributed by atoms with Crippen molar-refractivity contribution in [1.82, 2.24) is 14.9 Å². The average molecular weight is 367 g/mol. The standard InChI is InChI=1S/C19H21N5O3/c1-23-17-6-3-2-5-16(17)22-18(23)13-21-19(25)7-4-12-20-14-8-10-15(11-9-14)24(26)27/h2-3,5-6,8-11,20H,4,7,12-13H2,1H3,(H,21,25). The fraction of sp³-hybridized carbons (Fsp3) is 0.263. The highest BCUT2D eigenvalue weighted by molar-refractivity contribution is 5.77. The minimum atomic E-state index is -0.432. The van der Waals surface area contributed by atoms with Crippen LogP contribution >= 0.6 is 0 Å². The van der Waals surface area contributed by atoms with Gasteiger partial charge in [-0.25, -0.2) is 4.98 Å². The molecule has 0 bridgehead atoms. The van der Waals surface area contributed by atoms with Crippen LogP contribution in [0.25, 0.3) is 11.0 Å².